The average Bonchev–Trinajstić information content (AvgIpc) is 3.29. The number of nitro groups is 1. The van der Waals surface area contributed by atoms with Crippen LogP contribution < -0.4 is 10.0 Å². The van der Waals surface area contributed by atoms with Gasteiger partial charge in [-0.1, -0.05) is 35.9 Å². The number of nitrogens with zero attached hydrogens (tertiary/aromatic N) is 3. The molecule has 1 heterocycles. The Labute approximate surface area is 197 Å². The van der Waals surface area contributed by atoms with E-state index in [1.54, 1.807) is 29.9 Å². The van der Waals surface area contributed by atoms with E-state index in [9.17, 15) is 18.5 Å². The molecule has 0 radical (unpaired) electrons. The number of sulfonamides is 1. The maximum absolute atomic E-state index is 12.9. The van der Waals surface area contributed by atoms with Gasteiger partial charge in [0.2, 0.25) is 0 Å². The highest BCUT2D eigenvalue weighted by atomic mass is 32.2. The summed E-state index contributed by atoms with van der Waals surface area (Å²) in [7, 11) is -4.01. The van der Waals surface area contributed by atoms with Crippen molar-refractivity contribution in [3.8, 4) is 5.69 Å². The molecule has 0 aliphatic heterocycles. The minimum atomic E-state index is -4.01. The number of nitrogens with one attached hydrogen (secondary N) is 2. The van der Waals surface area contributed by atoms with Gasteiger partial charge in [0.05, 0.1) is 27.4 Å². The van der Waals surface area contributed by atoms with E-state index in [2.05, 4.69) is 15.1 Å². The summed E-state index contributed by atoms with van der Waals surface area (Å²) in [6, 6.07) is 18.7. The van der Waals surface area contributed by atoms with Crippen molar-refractivity contribution in [2.24, 2.45) is 0 Å². The van der Waals surface area contributed by atoms with Gasteiger partial charge in [-0.25, -0.2) is 13.1 Å². The maximum Gasteiger partial charge on any atom is 0.293 e. The van der Waals surface area contributed by atoms with Gasteiger partial charge in [0, 0.05) is 24.4 Å². The number of hydrogen-bond acceptors (Lipinski definition) is 6. The lowest BCUT2D eigenvalue weighted by molar-refractivity contribution is -0.384. The lowest BCUT2D eigenvalue weighted by atomic mass is 10.1. The lowest BCUT2D eigenvalue weighted by Gasteiger charge is -2.12. The monoisotopic (exact) mass is 477 g/mol. The molecule has 0 saturated heterocycles. The van der Waals surface area contributed by atoms with E-state index >= 15 is 0 Å². The van der Waals surface area contributed by atoms with E-state index < -0.39 is 14.9 Å². The Morgan fingerprint density at radius 2 is 1.74 bits per heavy atom. The zero-order valence-electron chi connectivity index (χ0n) is 18.6. The molecule has 174 valence electrons. The molecule has 0 fully saturated rings. The maximum atomic E-state index is 12.9. The van der Waals surface area contributed by atoms with Crippen LogP contribution in [0.1, 0.15) is 16.7 Å². The summed E-state index contributed by atoms with van der Waals surface area (Å²) in [6.45, 7) is 3.98. The van der Waals surface area contributed by atoms with E-state index in [1.165, 1.54) is 12.1 Å². The zero-order chi connectivity index (χ0) is 24.3. The molecule has 4 aromatic rings. The first kappa shape index (κ1) is 23.0. The van der Waals surface area contributed by atoms with Gasteiger partial charge in [-0.3, -0.25) is 14.8 Å². The second-order valence-electron chi connectivity index (χ2n) is 7.84. The van der Waals surface area contributed by atoms with E-state index in [0.717, 1.165) is 28.4 Å². The molecule has 2 N–H and O–H groups in total. The van der Waals surface area contributed by atoms with Gasteiger partial charge in [-0.15, -0.1) is 0 Å². The fourth-order valence-corrected chi connectivity index (χ4v) is 4.63. The summed E-state index contributed by atoms with van der Waals surface area (Å²) in [6.07, 6.45) is 3.49. The SMILES string of the molecule is Cc1ccc(NS(=O)(=O)c2ccc(NCc3cnn(-c4ccccc4)c3)c([N+](=O)[O-])c2)c(C)c1. The van der Waals surface area contributed by atoms with Crippen LogP contribution in [0.25, 0.3) is 5.69 Å². The van der Waals surface area contributed by atoms with Crippen molar-refractivity contribution < 1.29 is 13.3 Å². The highest BCUT2D eigenvalue weighted by Gasteiger charge is 2.22. The van der Waals surface area contributed by atoms with E-state index in [-0.39, 0.29) is 22.8 Å². The van der Waals surface area contributed by atoms with E-state index in [4.69, 9.17) is 0 Å². The van der Waals surface area contributed by atoms with E-state index in [0.29, 0.717) is 5.69 Å². The summed E-state index contributed by atoms with van der Waals surface area (Å²) in [5.41, 5.74) is 3.76. The first-order chi connectivity index (χ1) is 16.2. The first-order valence-corrected chi connectivity index (χ1v) is 11.9. The summed E-state index contributed by atoms with van der Waals surface area (Å²) in [5.74, 6) is 0. The van der Waals surface area contributed by atoms with Crippen molar-refractivity contribution in [2.45, 2.75) is 25.3 Å². The van der Waals surface area contributed by atoms with Crippen LogP contribution in [0.2, 0.25) is 0 Å². The second-order valence-corrected chi connectivity index (χ2v) is 9.52. The molecular weight excluding hydrogens is 454 g/mol. The van der Waals surface area contributed by atoms with Crippen molar-refractivity contribution in [2.75, 3.05) is 10.0 Å². The molecule has 0 atom stereocenters. The van der Waals surface area contributed by atoms with Crippen LogP contribution in [0.15, 0.2) is 84.0 Å². The molecule has 0 bridgehead atoms. The number of aromatic nitrogens is 2. The molecule has 0 aliphatic rings. The Morgan fingerprint density at radius 3 is 2.44 bits per heavy atom. The first-order valence-electron chi connectivity index (χ1n) is 10.4. The Kier molecular flexibility index (Phi) is 6.33. The fourth-order valence-electron chi connectivity index (χ4n) is 3.48. The molecule has 0 unspecified atom stereocenters. The molecular formula is C24H23N5O4S. The highest BCUT2D eigenvalue weighted by Crippen LogP contribution is 2.29. The van der Waals surface area contributed by atoms with Gasteiger partial charge in [0.25, 0.3) is 15.7 Å². The lowest BCUT2D eigenvalue weighted by Crippen LogP contribution is -2.14. The average molecular weight is 478 g/mol. The minimum Gasteiger partial charge on any atom is -0.375 e. The summed E-state index contributed by atoms with van der Waals surface area (Å²) in [5, 5.41) is 19.0. The van der Waals surface area contributed by atoms with Gasteiger partial charge >= 0.3 is 0 Å². The highest BCUT2D eigenvalue weighted by molar-refractivity contribution is 7.92. The minimum absolute atomic E-state index is 0.193. The van der Waals surface area contributed by atoms with Crippen LogP contribution in [-0.4, -0.2) is 23.1 Å². The van der Waals surface area contributed by atoms with Gasteiger partial charge in [-0.2, -0.15) is 5.10 Å². The Bertz CT molecular complexity index is 1450. The fraction of sp³-hybridized carbons (Fsp3) is 0.125. The van der Waals surface area contributed by atoms with Crippen molar-refractivity contribution in [3.63, 3.8) is 0 Å². The van der Waals surface area contributed by atoms with Gasteiger partial charge < -0.3 is 5.32 Å². The molecule has 0 aliphatic carbocycles. The number of para-hydroxylation sites is 1. The number of rotatable bonds is 8. The third kappa shape index (κ3) is 5.07. The normalized spacial score (nSPS) is 11.2. The van der Waals surface area contributed by atoms with Crippen molar-refractivity contribution in [1.82, 2.24) is 9.78 Å². The van der Waals surface area contributed by atoms with Crippen molar-refractivity contribution in [3.05, 3.63) is 106 Å². The predicted octanol–water partition coefficient (Wildman–Crippen LogP) is 4.81. The third-order valence-electron chi connectivity index (χ3n) is 5.24. The van der Waals surface area contributed by atoms with Crippen LogP contribution in [0.5, 0.6) is 0 Å². The topological polar surface area (TPSA) is 119 Å². The molecule has 4 rings (SSSR count). The predicted molar refractivity (Wildman–Crippen MR) is 131 cm³/mol. The largest absolute Gasteiger partial charge is 0.375 e. The molecule has 3 aromatic carbocycles. The third-order valence-corrected chi connectivity index (χ3v) is 6.61. The van der Waals surface area contributed by atoms with Gasteiger partial charge in [0.15, 0.2) is 0 Å². The van der Waals surface area contributed by atoms with Crippen LogP contribution in [0, 0.1) is 24.0 Å². The summed E-state index contributed by atoms with van der Waals surface area (Å²) >= 11 is 0. The van der Waals surface area contributed by atoms with Crippen LogP contribution in [-0.2, 0) is 16.6 Å². The molecule has 10 heteroatoms. The summed E-state index contributed by atoms with van der Waals surface area (Å²) in [4.78, 5) is 10.9. The van der Waals surface area contributed by atoms with Crippen molar-refractivity contribution in [1.29, 1.82) is 0 Å². The molecule has 9 nitrogen and oxygen atoms in total. The van der Waals surface area contributed by atoms with E-state index in [1.807, 2.05) is 49.5 Å². The quantitative estimate of drug-likeness (QED) is 0.278. The number of anilines is 2. The smallest absolute Gasteiger partial charge is 0.293 e. The zero-order valence-corrected chi connectivity index (χ0v) is 19.4. The van der Waals surface area contributed by atoms with Gasteiger partial charge in [-0.05, 0) is 49.7 Å². The molecule has 34 heavy (non-hydrogen) atoms. The number of aryl methyl sites for hydroxylation is 2. The Morgan fingerprint density at radius 1 is 1.00 bits per heavy atom. The number of benzene rings is 3. The molecule has 0 amide bonds. The Hall–Kier alpha value is -4.18. The van der Waals surface area contributed by atoms with Crippen molar-refractivity contribution >= 4 is 27.1 Å². The van der Waals surface area contributed by atoms with Crippen LogP contribution >= 0.6 is 0 Å². The number of nitro benzene ring substituents is 1. The van der Waals surface area contributed by atoms with Crippen LogP contribution in [0.4, 0.5) is 17.1 Å². The van der Waals surface area contributed by atoms with Gasteiger partial charge in [0.1, 0.15) is 5.69 Å². The standard InChI is InChI=1S/C24H23N5O4S/c1-17-8-10-22(18(2)12-17)27-34(32,33)21-9-11-23(24(13-21)29(30)31)25-14-19-15-26-28(16-19)20-6-4-3-5-7-20/h3-13,15-16,25,27H,14H2,1-2H3. The molecule has 0 saturated carbocycles. The summed E-state index contributed by atoms with van der Waals surface area (Å²) < 4.78 is 30.0. The number of hydrogen-bond donors (Lipinski definition) is 2. The van der Waals surface area contributed by atoms with Crippen LogP contribution in [0.3, 0.4) is 0 Å². The Balaban J connectivity index is 1.54. The second kappa shape index (κ2) is 9.36. The molecule has 0 spiro atoms. The molecule has 1 aromatic heterocycles.